The molecule has 1 aromatic carbocycles. The van der Waals surface area contributed by atoms with Crippen LogP contribution in [0.25, 0.3) is 0 Å². The molecule has 5 rings (SSSR count). The van der Waals surface area contributed by atoms with Crippen LogP contribution in [0.1, 0.15) is 43.6 Å². The summed E-state index contributed by atoms with van der Waals surface area (Å²) in [7, 11) is -3.43. The Kier molecular flexibility index (Phi) is 6.34. The molecule has 8 nitrogen and oxygen atoms in total. The van der Waals surface area contributed by atoms with E-state index in [1.54, 1.807) is 4.90 Å². The number of fused-ring (bicyclic) bond motifs is 5. The highest BCUT2D eigenvalue weighted by Gasteiger charge is 2.39. The van der Waals surface area contributed by atoms with Crippen LogP contribution in [0, 0.1) is 0 Å². The molecule has 2 N–H and O–H groups in total. The van der Waals surface area contributed by atoms with Crippen molar-refractivity contribution < 1.29 is 27.8 Å². The third kappa shape index (κ3) is 4.80. The molecule has 2 bridgehead atoms. The lowest BCUT2D eigenvalue weighted by atomic mass is 9.80. The number of sulfonamides is 1. The molecule has 0 spiro atoms. The summed E-state index contributed by atoms with van der Waals surface area (Å²) in [6.07, 6.45) is 3.63. The van der Waals surface area contributed by atoms with Gasteiger partial charge in [0.15, 0.2) is 6.61 Å². The summed E-state index contributed by atoms with van der Waals surface area (Å²) in [5.74, 6) is 0.626. The number of carbonyl (C=O) groups excluding carboxylic acids is 1. The van der Waals surface area contributed by atoms with Crippen molar-refractivity contribution in [2.24, 2.45) is 0 Å². The average molecular weight is 439 g/mol. The van der Waals surface area contributed by atoms with E-state index in [4.69, 9.17) is 9.47 Å². The predicted octanol–water partition coefficient (Wildman–Crippen LogP) is 1.00. The van der Waals surface area contributed by atoms with Crippen molar-refractivity contribution >= 4 is 15.9 Å². The quantitative estimate of drug-likeness (QED) is 0.714. The minimum Gasteiger partial charge on any atom is -0.483 e. The maximum absolute atomic E-state index is 13.0. The standard InChI is InChI=1S/C21H30N2O6S/c1-30(26,27)22-16-6-4-10-23-17(16)12-28-20-9-8-14(11-18(20)24)15-5-2-3-7-19(15)29-13-21(23)25/h2-3,5,7,14,16-18,20,22,24H,4,6,8-13H2,1H3/t14?,16-,17?,18+,20+/m0/s1. The first kappa shape index (κ1) is 21.5. The van der Waals surface area contributed by atoms with Crippen LogP contribution in [0.2, 0.25) is 0 Å². The number of carbonyl (C=O) groups is 1. The lowest BCUT2D eigenvalue weighted by molar-refractivity contribution is -0.142. The summed E-state index contributed by atoms with van der Waals surface area (Å²) in [5, 5.41) is 10.7. The third-order valence-electron chi connectivity index (χ3n) is 6.41. The van der Waals surface area contributed by atoms with Crippen molar-refractivity contribution in [3.63, 3.8) is 0 Å². The van der Waals surface area contributed by atoms with Crippen molar-refractivity contribution in [1.82, 2.24) is 9.62 Å². The van der Waals surface area contributed by atoms with E-state index < -0.39 is 28.2 Å². The summed E-state index contributed by atoms with van der Waals surface area (Å²) >= 11 is 0. The summed E-state index contributed by atoms with van der Waals surface area (Å²) in [4.78, 5) is 14.7. The van der Waals surface area contributed by atoms with E-state index in [0.717, 1.165) is 18.2 Å². The van der Waals surface area contributed by atoms with Gasteiger partial charge in [0, 0.05) is 12.6 Å². The van der Waals surface area contributed by atoms with Crippen LogP contribution in [0.3, 0.4) is 0 Å². The zero-order valence-electron chi connectivity index (χ0n) is 17.2. The van der Waals surface area contributed by atoms with Gasteiger partial charge in [-0.1, -0.05) is 18.2 Å². The van der Waals surface area contributed by atoms with Gasteiger partial charge in [0.2, 0.25) is 10.0 Å². The number of ether oxygens (including phenoxy) is 2. The SMILES string of the molecule is CS(=O)(=O)N[C@H]1CCCN2C(=O)COc3ccccc3C3CC[C@@H](OCC12)[C@H](O)C3. The first-order chi connectivity index (χ1) is 14.3. The van der Waals surface area contributed by atoms with Gasteiger partial charge in [-0.15, -0.1) is 0 Å². The Balaban J connectivity index is 1.64. The van der Waals surface area contributed by atoms with Gasteiger partial charge in [-0.2, -0.15) is 0 Å². The largest absolute Gasteiger partial charge is 0.483 e. The topological polar surface area (TPSA) is 105 Å². The van der Waals surface area contributed by atoms with E-state index in [0.29, 0.717) is 38.0 Å². The van der Waals surface area contributed by atoms with E-state index in [1.165, 1.54) is 0 Å². The van der Waals surface area contributed by atoms with Crippen LogP contribution in [-0.2, 0) is 19.6 Å². The Morgan fingerprint density at radius 3 is 2.77 bits per heavy atom. The third-order valence-corrected chi connectivity index (χ3v) is 7.14. The second kappa shape index (κ2) is 8.82. The fourth-order valence-corrected chi connectivity index (χ4v) is 5.80. The first-order valence-corrected chi connectivity index (χ1v) is 12.5. The van der Waals surface area contributed by atoms with Crippen LogP contribution < -0.4 is 9.46 Å². The molecular formula is C21H30N2O6S. The molecule has 3 aliphatic heterocycles. The van der Waals surface area contributed by atoms with Crippen LogP contribution >= 0.6 is 0 Å². The number of nitrogens with zero attached hydrogens (tertiary/aromatic N) is 1. The van der Waals surface area contributed by atoms with Crippen molar-refractivity contribution in [3.8, 4) is 5.75 Å². The van der Waals surface area contributed by atoms with E-state index in [1.807, 2.05) is 24.3 Å². The molecule has 3 heterocycles. The highest BCUT2D eigenvalue weighted by molar-refractivity contribution is 7.88. The predicted molar refractivity (Wildman–Crippen MR) is 111 cm³/mol. The van der Waals surface area contributed by atoms with Crippen LogP contribution in [0.15, 0.2) is 24.3 Å². The van der Waals surface area contributed by atoms with Gasteiger partial charge in [0.05, 0.1) is 31.1 Å². The molecule has 9 heteroatoms. The van der Waals surface area contributed by atoms with Gasteiger partial charge in [0.1, 0.15) is 5.75 Å². The van der Waals surface area contributed by atoms with Gasteiger partial charge in [-0.05, 0) is 49.7 Å². The molecule has 1 saturated carbocycles. The highest BCUT2D eigenvalue weighted by atomic mass is 32.2. The summed E-state index contributed by atoms with van der Waals surface area (Å²) in [6, 6.07) is 6.81. The van der Waals surface area contributed by atoms with Crippen LogP contribution in [-0.4, -0.2) is 74.6 Å². The number of benzene rings is 1. The number of hydrogen-bond donors (Lipinski definition) is 2. The van der Waals surface area contributed by atoms with Gasteiger partial charge >= 0.3 is 0 Å². The number of para-hydroxylation sites is 1. The number of amides is 1. The van der Waals surface area contributed by atoms with E-state index in [9.17, 15) is 18.3 Å². The molecule has 166 valence electrons. The second-order valence-electron chi connectivity index (χ2n) is 8.57. The maximum Gasteiger partial charge on any atom is 0.260 e. The van der Waals surface area contributed by atoms with Crippen LogP contribution in [0.5, 0.6) is 5.75 Å². The smallest absolute Gasteiger partial charge is 0.260 e. The zero-order chi connectivity index (χ0) is 21.3. The first-order valence-electron chi connectivity index (χ1n) is 10.6. The van der Waals surface area contributed by atoms with Crippen molar-refractivity contribution in [3.05, 3.63) is 29.8 Å². The fourth-order valence-electron chi connectivity index (χ4n) is 4.97. The molecule has 4 aliphatic rings. The summed E-state index contributed by atoms with van der Waals surface area (Å²) in [6.45, 7) is 0.589. The fraction of sp³-hybridized carbons (Fsp3) is 0.667. The maximum atomic E-state index is 13.0. The monoisotopic (exact) mass is 438 g/mol. The lowest BCUT2D eigenvalue weighted by Crippen LogP contribution is -2.60. The summed E-state index contributed by atoms with van der Waals surface area (Å²) in [5.41, 5.74) is 1.01. The Labute approximate surface area is 177 Å². The number of rotatable bonds is 2. The Morgan fingerprint density at radius 2 is 2.00 bits per heavy atom. The summed E-state index contributed by atoms with van der Waals surface area (Å²) < 4.78 is 38.4. The number of aliphatic hydroxyl groups is 1. The van der Waals surface area contributed by atoms with E-state index in [-0.39, 0.29) is 31.1 Å². The minimum absolute atomic E-state index is 0.113. The molecule has 1 aromatic rings. The lowest BCUT2D eigenvalue weighted by Gasteiger charge is -2.42. The molecule has 0 radical (unpaired) electrons. The molecular weight excluding hydrogens is 408 g/mol. The number of aliphatic hydroxyl groups excluding tert-OH is 1. The zero-order valence-corrected chi connectivity index (χ0v) is 18.0. The van der Waals surface area contributed by atoms with Gasteiger partial charge in [0.25, 0.3) is 5.91 Å². The molecule has 0 aromatic heterocycles. The molecule has 1 amide bonds. The molecule has 1 saturated heterocycles. The van der Waals surface area contributed by atoms with Gasteiger partial charge in [-0.3, -0.25) is 4.79 Å². The molecule has 5 atom stereocenters. The molecule has 1 aliphatic carbocycles. The van der Waals surface area contributed by atoms with Crippen molar-refractivity contribution in [2.45, 2.75) is 62.3 Å². The van der Waals surface area contributed by atoms with Gasteiger partial charge < -0.3 is 19.5 Å². The van der Waals surface area contributed by atoms with E-state index in [2.05, 4.69) is 4.72 Å². The number of nitrogens with one attached hydrogen (secondary N) is 1. The van der Waals surface area contributed by atoms with Crippen LogP contribution in [0.4, 0.5) is 0 Å². The Morgan fingerprint density at radius 1 is 1.20 bits per heavy atom. The number of hydrogen-bond acceptors (Lipinski definition) is 6. The normalized spacial score (nSPS) is 32.8. The molecule has 2 unspecified atom stereocenters. The Hall–Kier alpha value is -1.68. The number of piperidine rings is 1. The average Bonchev–Trinajstić information content (AvgIpc) is 2.71. The van der Waals surface area contributed by atoms with Gasteiger partial charge in [-0.25, -0.2) is 13.1 Å². The van der Waals surface area contributed by atoms with Crippen molar-refractivity contribution in [2.75, 3.05) is 26.0 Å². The van der Waals surface area contributed by atoms with Crippen molar-refractivity contribution in [1.29, 1.82) is 0 Å². The molecule has 30 heavy (non-hydrogen) atoms. The Bertz CT molecular complexity index is 876. The second-order valence-corrected chi connectivity index (χ2v) is 10.3. The highest BCUT2D eigenvalue weighted by Crippen LogP contribution is 2.39. The molecule has 2 fully saturated rings. The minimum atomic E-state index is -3.43. The van der Waals surface area contributed by atoms with E-state index >= 15 is 0 Å².